The molecule has 1 aromatic rings. The number of hydrogen-bond donors (Lipinski definition) is 2. The molecule has 0 aliphatic carbocycles. The quantitative estimate of drug-likeness (QED) is 0.253. The number of nitrogens with two attached hydrogens (primary N) is 1. The normalized spacial score (nSPS) is 10.8. The zero-order chi connectivity index (χ0) is 15.3. The number of thiophene rings is 1. The van der Waals surface area contributed by atoms with Crippen LogP contribution in [0.1, 0.15) is 15.2 Å². The molecule has 3 N–H and O–H groups in total. The van der Waals surface area contributed by atoms with Gasteiger partial charge in [-0.25, -0.2) is 5.84 Å². The summed E-state index contributed by atoms with van der Waals surface area (Å²) in [5, 5.41) is 1.83. The van der Waals surface area contributed by atoms with Gasteiger partial charge in [-0.2, -0.15) is 0 Å². The van der Waals surface area contributed by atoms with Gasteiger partial charge < -0.3 is 18.9 Å². The summed E-state index contributed by atoms with van der Waals surface area (Å²) in [5.74, 6) is 4.81. The summed E-state index contributed by atoms with van der Waals surface area (Å²) in [6.07, 6.45) is 0. The van der Waals surface area contributed by atoms with E-state index in [4.69, 9.17) is 24.8 Å². The maximum absolute atomic E-state index is 11.4. The lowest BCUT2D eigenvalue weighted by molar-refractivity contribution is 0.000844. The fraction of sp³-hybridized carbons (Fsp3) is 0.615. The van der Waals surface area contributed by atoms with E-state index in [9.17, 15) is 4.79 Å². The SMILES string of the molecule is COCCOCCOCCOCc1ccsc1C(=O)NN. The van der Waals surface area contributed by atoms with Crippen LogP contribution in [0.3, 0.4) is 0 Å². The number of ether oxygens (including phenoxy) is 4. The van der Waals surface area contributed by atoms with Crippen LogP contribution in [-0.2, 0) is 25.6 Å². The highest BCUT2D eigenvalue weighted by atomic mass is 32.1. The summed E-state index contributed by atoms with van der Waals surface area (Å²) >= 11 is 1.33. The van der Waals surface area contributed by atoms with Crippen molar-refractivity contribution in [3.05, 3.63) is 21.9 Å². The van der Waals surface area contributed by atoms with Crippen molar-refractivity contribution in [2.45, 2.75) is 6.61 Å². The molecule has 1 amide bonds. The highest BCUT2D eigenvalue weighted by Gasteiger charge is 2.11. The molecule has 0 saturated heterocycles. The molecule has 7 nitrogen and oxygen atoms in total. The van der Waals surface area contributed by atoms with Crippen LogP contribution in [-0.4, -0.2) is 52.7 Å². The molecule has 0 spiro atoms. The molecule has 1 rings (SSSR count). The van der Waals surface area contributed by atoms with Crippen LogP contribution < -0.4 is 11.3 Å². The van der Waals surface area contributed by atoms with Crippen molar-refractivity contribution in [1.29, 1.82) is 0 Å². The predicted octanol–water partition coefficient (Wildman–Crippen LogP) is 0.548. The molecule has 0 saturated carbocycles. The number of carbonyl (C=O) groups excluding carboxylic acids is 1. The molecular formula is C13H22N2O5S. The van der Waals surface area contributed by atoms with Gasteiger partial charge in [-0.3, -0.25) is 10.2 Å². The molecule has 0 unspecified atom stereocenters. The predicted molar refractivity (Wildman–Crippen MR) is 79.1 cm³/mol. The third kappa shape index (κ3) is 7.51. The first kappa shape index (κ1) is 18.0. The Kier molecular flexibility index (Phi) is 9.96. The Morgan fingerprint density at radius 2 is 1.76 bits per heavy atom. The maximum atomic E-state index is 11.4. The fourth-order valence-electron chi connectivity index (χ4n) is 1.48. The van der Waals surface area contributed by atoms with Gasteiger partial charge in [-0.05, 0) is 11.4 Å². The Morgan fingerprint density at radius 3 is 2.38 bits per heavy atom. The second kappa shape index (κ2) is 11.6. The molecule has 1 heterocycles. The monoisotopic (exact) mass is 318 g/mol. The van der Waals surface area contributed by atoms with E-state index in [0.717, 1.165) is 5.56 Å². The summed E-state index contributed by atoms with van der Waals surface area (Å²) in [7, 11) is 1.63. The van der Waals surface area contributed by atoms with Crippen LogP contribution in [0.5, 0.6) is 0 Å². The first-order valence-corrected chi connectivity index (χ1v) is 7.47. The number of amides is 1. The smallest absolute Gasteiger partial charge is 0.275 e. The molecular weight excluding hydrogens is 296 g/mol. The van der Waals surface area contributed by atoms with Crippen molar-refractivity contribution in [3.8, 4) is 0 Å². The molecule has 120 valence electrons. The lowest BCUT2D eigenvalue weighted by atomic mass is 10.2. The molecule has 8 heteroatoms. The molecule has 0 fully saturated rings. The largest absolute Gasteiger partial charge is 0.382 e. The standard InChI is InChI=1S/C13H22N2O5S/c1-17-3-4-18-5-6-19-7-8-20-10-11-2-9-21-12(11)13(16)15-14/h2,9H,3-8,10,14H2,1H3,(H,15,16). The first-order chi connectivity index (χ1) is 10.3. The summed E-state index contributed by atoms with van der Waals surface area (Å²) < 4.78 is 20.9. The zero-order valence-corrected chi connectivity index (χ0v) is 12.9. The van der Waals surface area contributed by atoms with Crippen LogP contribution in [0, 0.1) is 0 Å². The number of nitrogen functional groups attached to an aromatic ring is 1. The fourth-order valence-corrected chi connectivity index (χ4v) is 2.29. The van der Waals surface area contributed by atoms with Gasteiger partial charge in [0.15, 0.2) is 0 Å². The number of nitrogens with one attached hydrogen (secondary N) is 1. The molecule has 0 aromatic carbocycles. The summed E-state index contributed by atoms with van der Waals surface area (Å²) in [4.78, 5) is 12.0. The van der Waals surface area contributed by atoms with E-state index in [0.29, 0.717) is 51.1 Å². The lowest BCUT2D eigenvalue weighted by Crippen LogP contribution is -2.30. The Labute approximate surface area is 128 Å². The second-order valence-corrected chi connectivity index (χ2v) is 4.93. The number of rotatable bonds is 12. The van der Waals surface area contributed by atoms with E-state index in [2.05, 4.69) is 5.43 Å². The number of methoxy groups -OCH3 is 1. The highest BCUT2D eigenvalue weighted by molar-refractivity contribution is 7.12. The van der Waals surface area contributed by atoms with Crippen LogP contribution in [0.15, 0.2) is 11.4 Å². The average Bonchev–Trinajstić information content (AvgIpc) is 2.97. The minimum Gasteiger partial charge on any atom is -0.382 e. The lowest BCUT2D eigenvalue weighted by Gasteiger charge is -2.07. The zero-order valence-electron chi connectivity index (χ0n) is 12.1. The Hall–Kier alpha value is -1.03. The summed E-state index contributed by atoms with van der Waals surface area (Å²) in [5.41, 5.74) is 2.94. The van der Waals surface area contributed by atoms with Crippen molar-refractivity contribution in [2.75, 3.05) is 46.8 Å². The van der Waals surface area contributed by atoms with Gasteiger partial charge in [0.1, 0.15) is 0 Å². The minimum atomic E-state index is -0.298. The summed E-state index contributed by atoms with van der Waals surface area (Å²) in [6, 6.07) is 1.85. The van der Waals surface area contributed by atoms with Crippen LogP contribution in [0.25, 0.3) is 0 Å². The van der Waals surface area contributed by atoms with E-state index in [1.165, 1.54) is 11.3 Å². The molecule has 0 aliphatic heterocycles. The van der Waals surface area contributed by atoms with E-state index in [1.807, 2.05) is 11.4 Å². The summed E-state index contributed by atoms with van der Waals surface area (Å²) in [6.45, 7) is 3.51. The first-order valence-electron chi connectivity index (χ1n) is 6.59. The van der Waals surface area contributed by atoms with Gasteiger partial charge in [0.2, 0.25) is 0 Å². The van der Waals surface area contributed by atoms with E-state index in [-0.39, 0.29) is 5.91 Å². The van der Waals surface area contributed by atoms with Crippen molar-refractivity contribution in [3.63, 3.8) is 0 Å². The Morgan fingerprint density at radius 1 is 1.14 bits per heavy atom. The Balaban J connectivity index is 2.02. The number of hydrazine groups is 1. The third-order valence-electron chi connectivity index (χ3n) is 2.52. The number of hydrogen-bond acceptors (Lipinski definition) is 7. The van der Waals surface area contributed by atoms with Crippen molar-refractivity contribution < 1.29 is 23.7 Å². The highest BCUT2D eigenvalue weighted by Crippen LogP contribution is 2.17. The topological polar surface area (TPSA) is 92.0 Å². The van der Waals surface area contributed by atoms with Gasteiger partial charge >= 0.3 is 0 Å². The van der Waals surface area contributed by atoms with Gasteiger partial charge in [-0.15, -0.1) is 11.3 Å². The van der Waals surface area contributed by atoms with Gasteiger partial charge in [0.05, 0.1) is 51.1 Å². The third-order valence-corrected chi connectivity index (χ3v) is 3.47. The van der Waals surface area contributed by atoms with E-state index in [1.54, 1.807) is 7.11 Å². The van der Waals surface area contributed by atoms with Gasteiger partial charge in [0, 0.05) is 12.7 Å². The Bertz CT molecular complexity index is 400. The van der Waals surface area contributed by atoms with Crippen molar-refractivity contribution in [1.82, 2.24) is 5.43 Å². The van der Waals surface area contributed by atoms with Crippen molar-refractivity contribution in [2.24, 2.45) is 5.84 Å². The minimum absolute atomic E-state index is 0.298. The van der Waals surface area contributed by atoms with E-state index < -0.39 is 0 Å². The van der Waals surface area contributed by atoms with Gasteiger partial charge in [0.25, 0.3) is 5.91 Å². The molecule has 0 atom stereocenters. The van der Waals surface area contributed by atoms with Crippen LogP contribution in [0.4, 0.5) is 0 Å². The molecule has 0 aliphatic rings. The van der Waals surface area contributed by atoms with E-state index >= 15 is 0 Å². The van der Waals surface area contributed by atoms with Crippen molar-refractivity contribution >= 4 is 17.2 Å². The molecule has 1 aromatic heterocycles. The molecule has 0 radical (unpaired) electrons. The average molecular weight is 318 g/mol. The van der Waals surface area contributed by atoms with Crippen LogP contribution >= 0.6 is 11.3 Å². The number of carbonyl (C=O) groups is 1. The van der Waals surface area contributed by atoms with Crippen LogP contribution in [0.2, 0.25) is 0 Å². The maximum Gasteiger partial charge on any atom is 0.275 e. The second-order valence-electron chi connectivity index (χ2n) is 4.02. The van der Waals surface area contributed by atoms with Gasteiger partial charge in [-0.1, -0.05) is 0 Å². The molecule has 21 heavy (non-hydrogen) atoms. The molecule has 0 bridgehead atoms.